The van der Waals surface area contributed by atoms with Crippen LogP contribution in [0.1, 0.15) is 32.6 Å². The number of ether oxygens (including phenoxy) is 1. The van der Waals surface area contributed by atoms with Crippen molar-refractivity contribution in [2.75, 3.05) is 7.11 Å². The van der Waals surface area contributed by atoms with Crippen molar-refractivity contribution < 1.29 is 9.53 Å². The second-order valence-corrected chi connectivity index (χ2v) is 4.81. The smallest absolute Gasteiger partial charge is 0.193 e. The molecule has 19 heavy (non-hydrogen) atoms. The minimum atomic E-state index is 0.0586. The standard InChI is InChI=1S/C17H18O2/c1-11-9-13(3)16(10-12(11)2)17(18)14-5-7-15(19-4)8-6-14/h5-10H,1-4H3. The number of rotatable bonds is 3. The molecule has 0 fully saturated rings. The maximum absolute atomic E-state index is 12.5. The predicted molar refractivity (Wildman–Crippen MR) is 77.1 cm³/mol. The van der Waals surface area contributed by atoms with Crippen molar-refractivity contribution in [3.8, 4) is 5.75 Å². The largest absolute Gasteiger partial charge is 0.497 e. The summed E-state index contributed by atoms with van der Waals surface area (Å²) < 4.78 is 5.10. The van der Waals surface area contributed by atoms with Crippen LogP contribution >= 0.6 is 0 Å². The van der Waals surface area contributed by atoms with Crippen LogP contribution in [0.2, 0.25) is 0 Å². The molecule has 0 atom stereocenters. The normalized spacial score (nSPS) is 10.3. The Bertz CT molecular complexity index is 610. The highest BCUT2D eigenvalue weighted by Crippen LogP contribution is 2.20. The first kappa shape index (κ1) is 13.3. The lowest BCUT2D eigenvalue weighted by atomic mass is 9.95. The molecular weight excluding hydrogens is 236 g/mol. The van der Waals surface area contributed by atoms with Crippen molar-refractivity contribution in [2.24, 2.45) is 0 Å². The lowest BCUT2D eigenvalue weighted by Gasteiger charge is -2.09. The third-order valence-corrected chi connectivity index (χ3v) is 3.44. The summed E-state index contributed by atoms with van der Waals surface area (Å²) in [6, 6.07) is 11.3. The molecule has 0 bridgehead atoms. The van der Waals surface area contributed by atoms with Gasteiger partial charge in [-0.05, 0) is 67.8 Å². The number of carbonyl (C=O) groups is 1. The van der Waals surface area contributed by atoms with E-state index in [1.165, 1.54) is 5.56 Å². The molecule has 0 aliphatic carbocycles. The van der Waals surface area contributed by atoms with Crippen LogP contribution < -0.4 is 4.74 Å². The van der Waals surface area contributed by atoms with Crippen molar-refractivity contribution in [3.63, 3.8) is 0 Å². The van der Waals surface area contributed by atoms with E-state index < -0.39 is 0 Å². The Morgan fingerprint density at radius 1 is 0.895 bits per heavy atom. The van der Waals surface area contributed by atoms with E-state index in [1.54, 1.807) is 19.2 Å². The van der Waals surface area contributed by atoms with Gasteiger partial charge in [-0.15, -0.1) is 0 Å². The van der Waals surface area contributed by atoms with Gasteiger partial charge in [0, 0.05) is 11.1 Å². The minimum absolute atomic E-state index is 0.0586. The Morgan fingerprint density at radius 2 is 1.47 bits per heavy atom. The van der Waals surface area contributed by atoms with Crippen LogP contribution in [0.4, 0.5) is 0 Å². The zero-order valence-corrected chi connectivity index (χ0v) is 11.8. The molecule has 2 aromatic rings. The Hall–Kier alpha value is -2.09. The van der Waals surface area contributed by atoms with E-state index >= 15 is 0 Å². The first-order chi connectivity index (χ1) is 9.02. The van der Waals surface area contributed by atoms with E-state index in [0.29, 0.717) is 5.56 Å². The molecule has 0 heterocycles. The van der Waals surface area contributed by atoms with Crippen LogP contribution in [-0.2, 0) is 0 Å². The summed E-state index contributed by atoms with van der Waals surface area (Å²) in [4.78, 5) is 12.5. The third-order valence-electron chi connectivity index (χ3n) is 3.44. The van der Waals surface area contributed by atoms with Crippen molar-refractivity contribution in [2.45, 2.75) is 20.8 Å². The quantitative estimate of drug-likeness (QED) is 0.778. The average molecular weight is 254 g/mol. The SMILES string of the molecule is COc1ccc(C(=O)c2cc(C)c(C)cc2C)cc1. The van der Waals surface area contributed by atoms with E-state index in [9.17, 15) is 4.79 Å². The molecule has 0 N–H and O–H groups in total. The third kappa shape index (κ3) is 2.68. The summed E-state index contributed by atoms with van der Waals surface area (Å²) in [5, 5.41) is 0. The molecule has 0 radical (unpaired) electrons. The second-order valence-electron chi connectivity index (χ2n) is 4.81. The summed E-state index contributed by atoms with van der Waals surface area (Å²) >= 11 is 0. The average Bonchev–Trinajstić information content (AvgIpc) is 2.42. The van der Waals surface area contributed by atoms with Crippen LogP contribution in [0.25, 0.3) is 0 Å². The van der Waals surface area contributed by atoms with Crippen LogP contribution in [0.5, 0.6) is 5.75 Å². The first-order valence-electron chi connectivity index (χ1n) is 6.29. The van der Waals surface area contributed by atoms with Gasteiger partial charge in [-0.25, -0.2) is 0 Å². The highest BCUT2D eigenvalue weighted by molar-refractivity contribution is 6.10. The molecule has 2 rings (SSSR count). The van der Waals surface area contributed by atoms with Crippen LogP contribution in [0.3, 0.4) is 0 Å². The van der Waals surface area contributed by atoms with Gasteiger partial charge in [0.05, 0.1) is 7.11 Å². The fourth-order valence-electron chi connectivity index (χ4n) is 2.10. The van der Waals surface area contributed by atoms with Gasteiger partial charge in [0.15, 0.2) is 5.78 Å². The molecule has 0 aliphatic heterocycles. The fraction of sp³-hybridized carbons (Fsp3) is 0.235. The maximum atomic E-state index is 12.5. The monoisotopic (exact) mass is 254 g/mol. The van der Waals surface area contributed by atoms with Crippen LogP contribution in [0, 0.1) is 20.8 Å². The molecular formula is C17H18O2. The van der Waals surface area contributed by atoms with Gasteiger partial charge < -0.3 is 4.74 Å². The molecule has 2 aromatic carbocycles. The number of carbonyl (C=O) groups excluding carboxylic acids is 1. The summed E-state index contributed by atoms with van der Waals surface area (Å²) in [6.07, 6.45) is 0. The molecule has 0 amide bonds. The molecule has 0 unspecified atom stereocenters. The van der Waals surface area contributed by atoms with E-state index in [1.807, 2.05) is 32.0 Å². The molecule has 0 aliphatic rings. The summed E-state index contributed by atoms with van der Waals surface area (Å²) in [5.74, 6) is 0.816. The number of hydrogen-bond donors (Lipinski definition) is 0. The molecule has 0 saturated carbocycles. The maximum Gasteiger partial charge on any atom is 0.193 e. The zero-order valence-electron chi connectivity index (χ0n) is 11.8. The molecule has 0 spiro atoms. The lowest BCUT2D eigenvalue weighted by molar-refractivity contribution is 0.103. The minimum Gasteiger partial charge on any atom is -0.497 e. The number of benzene rings is 2. The van der Waals surface area contributed by atoms with Crippen LogP contribution in [-0.4, -0.2) is 12.9 Å². The first-order valence-corrected chi connectivity index (χ1v) is 6.29. The summed E-state index contributed by atoms with van der Waals surface area (Å²) in [6.45, 7) is 6.06. The number of aryl methyl sites for hydroxylation is 3. The lowest BCUT2D eigenvalue weighted by Crippen LogP contribution is -2.05. The van der Waals surface area contributed by atoms with Gasteiger partial charge in [0.2, 0.25) is 0 Å². The number of methoxy groups -OCH3 is 1. The highest BCUT2D eigenvalue weighted by atomic mass is 16.5. The molecule has 2 heteroatoms. The summed E-state index contributed by atoms with van der Waals surface area (Å²) in [7, 11) is 1.62. The van der Waals surface area contributed by atoms with Gasteiger partial charge in [-0.3, -0.25) is 4.79 Å². The topological polar surface area (TPSA) is 26.3 Å². The van der Waals surface area contributed by atoms with E-state index in [2.05, 4.69) is 13.0 Å². The van der Waals surface area contributed by atoms with Crippen molar-refractivity contribution in [1.82, 2.24) is 0 Å². The van der Waals surface area contributed by atoms with Crippen LogP contribution in [0.15, 0.2) is 36.4 Å². The van der Waals surface area contributed by atoms with Gasteiger partial charge in [0.1, 0.15) is 5.75 Å². The van der Waals surface area contributed by atoms with Crippen molar-refractivity contribution in [1.29, 1.82) is 0 Å². The van der Waals surface area contributed by atoms with Crippen molar-refractivity contribution in [3.05, 3.63) is 64.2 Å². The molecule has 0 saturated heterocycles. The molecule has 98 valence electrons. The number of ketones is 1. The van der Waals surface area contributed by atoms with E-state index in [4.69, 9.17) is 4.74 Å². The Kier molecular flexibility index (Phi) is 3.70. The van der Waals surface area contributed by atoms with Gasteiger partial charge in [-0.1, -0.05) is 6.07 Å². The van der Waals surface area contributed by atoms with Crippen molar-refractivity contribution >= 4 is 5.78 Å². The van der Waals surface area contributed by atoms with E-state index in [-0.39, 0.29) is 5.78 Å². The Morgan fingerprint density at radius 3 is 2.05 bits per heavy atom. The second kappa shape index (κ2) is 5.27. The zero-order chi connectivity index (χ0) is 14.0. The number of hydrogen-bond acceptors (Lipinski definition) is 2. The molecule has 0 aromatic heterocycles. The molecule has 2 nitrogen and oxygen atoms in total. The predicted octanol–water partition coefficient (Wildman–Crippen LogP) is 3.85. The Balaban J connectivity index is 2.40. The van der Waals surface area contributed by atoms with Gasteiger partial charge >= 0.3 is 0 Å². The fourth-order valence-corrected chi connectivity index (χ4v) is 2.10. The highest BCUT2D eigenvalue weighted by Gasteiger charge is 2.13. The van der Waals surface area contributed by atoms with Gasteiger partial charge in [0.25, 0.3) is 0 Å². The summed E-state index contributed by atoms with van der Waals surface area (Å²) in [5.41, 5.74) is 4.83. The van der Waals surface area contributed by atoms with E-state index in [0.717, 1.165) is 22.4 Å². The Labute approximate surface area is 114 Å². The van der Waals surface area contributed by atoms with Gasteiger partial charge in [-0.2, -0.15) is 0 Å².